The summed E-state index contributed by atoms with van der Waals surface area (Å²) in [4.78, 5) is 24.4. The molecular weight excluding hydrogens is 691 g/mol. The number of hydrogen-bond acceptors (Lipinski definition) is 8. The summed E-state index contributed by atoms with van der Waals surface area (Å²) in [6.07, 6.45) is 7.52. The Morgan fingerprint density at radius 2 is 1.76 bits per heavy atom. The lowest BCUT2D eigenvalue weighted by atomic mass is 9.89. The molecule has 2 aromatic carbocycles. The normalized spacial score (nSPS) is 14.4. The smallest absolute Gasteiger partial charge is 0.269 e. The van der Waals surface area contributed by atoms with Crippen LogP contribution in [0.25, 0.3) is 33.4 Å². The molecule has 0 aliphatic carbocycles. The Hall–Kier alpha value is -5.58. The van der Waals surface area contributed by atoms with Gasteiger partial charge in [-0.3, -0.25) is 9.48 Å². The zero-order valence-corrected chi connectivity index (χ0v) is 29.5. The summed E-state index contributed by atoms with van der Waals surface area (Å²) in [5.74, 6) is -0.529. The van der Waals surface area contributed by atoms with Crippen molar-refractivity contribution in [1.29, 1.82) is 5.26 Å². The molecule has 1 N–H and O–H groups in total. The maximum atomic E-state index is 14.4. The van der Waals surface area contributed by atoms with Crippen molar-refractivity contribution in [2.75, 3.05) is 18.0 Å². The van der Waals surface area contributed by atoms with E-state index in [1.807, 2.05) is 26.0 Å². The van der Waals surface area contributed by atoms with Gasteiger partial charge in [0.2, 0.25) is 0 Å². The lowest BCUT2D eigenvalue weighted by Gasteiger charge is -2.40. The number of piperidine rings is 1. The number of aryl methyl sites for hydroxylation is 2. The molecule has 51 heavy (non-hydrogen) atoms. The fraction of sp³-hybridized carbons (Fsp3) is 0.216. The van der Waals surface area contributed by atoms with Gasteiger partial charge in [-0.05, 0) is 69.2 Å². The van der Waals surface area contributed by atoms with Crippen LogP contribution in [0.4, 0.5) is 10.2 Å². The summed E-state index contributed by atoms with van der Waals surface area (Å²) in [7, 11) is -2.38. The first-order valence-electron chi connectivity index (χ1n) is 16.1. The highest BCUT2D eigenvalue weighted by molar-refractivity contribution is 7.90. The molecule has 0 unspecified atom stereocenters. The molecule has 14 heteroatoms. The summed E-state index contributed by atoms with van der Waals surface area (Å²) < 4.78 is 45.6. The van der Waals surface area contributed by atoms with Gasteiger partial charge in [-0.25, -0.2) is 26.7 Å². The molecular formula is C37H32ClFN8O3S. The molecule has 0 saturated carbocycles. The number of amides is 1. The SMILES string of the molecule is Cc1ccc(S(=O)(=O)n2c(-c3cnn(C)c3)cc3c(-c4ccc(N5CCC(C)(NC(=O)c6c(F)cccc6Cl)CC5)nc4)c(C#N)cnc32)cc1. The summed E-state index contributed by atoms with van der Waals surface area (Å²) in [6.45, 7) is 4.96. The standard InChI is InChI=1S/C37H32ClFN8O3S/c1-23-7-10-27(11-8-23)51(49,50)47-31(26-21-43-45(3)22-26)17-28-33(25(18-40)20-42-35(28)47)24-9-12-32(41-19-24)46-15-13-37(2,14-16-46)44-36(48)34-29(38)5-4-6-30(34)39/h4-12,17,19-22H,13-16H2,1-3H3,(H,44,48). The summed E-state index contributed by atoms with van der Waals surface area (Å²) in [6, 6.07) is 18.4. The number of nitrogens with zero attached hydrogens (tertiary/aromatic N) is 7. The van der Waals surface area contributed by atoms with Crippen molar-refractivity contribution in [3.8, 4) is 28.5 Å². The average Bonchev–Trinajstić information content (AvgIpc) is 3.72. The van der Waals surface area contributed by atoms with Gasteiger partial charge in [-0.2, -0.15) is 10.4 Å². The van der Waals surface area contributed by atoms with E-state index in [0.29, 0.717) is 59.5 Å². The Labute approximate surface area is 299 Å². The van der Waals surface area contributed by atoms with E-state index in [-0.39, 0.29) is 26.7 Å². The third-order valence-electron chi connectivity index (χ3n) is 9.30. The fourth-order valence-electron chi connectivity index (χ4n) is 6.46. The van der Waals surface area contributed by atoms with Gasteiger partial charge >= 0.3 is 0 Å². The van der Waals surface area contributed by atoms with E-state index >= 15 is 0 Å². The fourth-order valence-corrected chi connectivity index (χ4v) is 8.19. The van der Waals surface area contributed by atoms with Gasteiger partial charge in [-0.15, -0.1) is 0 Å². The van der Waals surface area contributed by atoms with Gasteiger partial charge in [0.05, 0.1) is 32.9 Å². The molecule has 1 amide bonds. The van der Waals surface area contributed by atoms with Crippen molar-refractivity contribution in [2.45, 2.75) is 37.1 Å². The van der Waals surface area contributed by atoms with E-state index < -0.39 is 27.3 Å². The highest BCUT2D eigenvalue weighted by atomic mass is 35.5. The van der Waals surface area contributed by atoms with Crippen LogP contribution in [0, 0.1) is 24.1 Å². The molecule has 258 valence electrons. The molecule has 7 rings (SSSR count). The molecule has 6 aromatic rings. The first-order chi connectivity index (χ1) is 24.4. The second-order valence-electron chi connectivity index (χ2n) is 12.9. The highest BCUT2D eigenvalue weighted by Gasteiger charge is 2.34. The van der Waals surface area contributed by atoms with Gasteiger partial charge in [0.15, 0.2) is 5.65 Å². The zero-order chi connectivity index (χ0) is 36.1. The van der Waals surface area contributed by atoms with Crippen molar-refractivity contribution in [3.63, 3.8) is 0 Å². The molecule has 1 fully saturated rings. The highest BCUT2D eigenvalue weighted by Crippen LogP contribution is 2.38. The number of carbonyl (C=O) groups is 1. The minimum atomic E-state index is -4.13. The predicted octanol–water partition coefficient (Wildman–Crippen LogP) is 6.50. The number of rotatable bonds is 7. The minimum Gasteiger partial charge on any atom is -0.356 e. The number of benzene rings is 2. The average molecular weight is 723 g/mol. The van der Waals surface area contributed by atoms with Crippen LogP contribution in [0.3, 0.4) is 0 Å². The van der Waals surface area contributed by atoms with Gasteiger partial charge in [0, 0.05) is 66.3 Å². The third-order valence-corrected chi connectivity index (χ3v) is 11.3. The largest absolute Gasteiger partial charge is 0.356 e. The molecule has 4 aromatic heterocycles. The predicted molar refractivity (Wildman–Crippen MR) is 192 cm³/mol. The Kier molecular flexibility index (Phi) is 8.61. The van der Waals surface area contributed by atoms with E-state index in [4.69, 9.17) is 16.6 Å². The molecule has 5 heterocycles. The van der Waals surface area contributed by atoms with Crippen LogP contribution in [0.5, 0.6) is 0 Å². The van der Waals surface area contributed by atoms with Crippen molar-refractivity contribution < 1.29 is 17.6 Å². The van der Waals surface area contributed by atoms with Crippen molar-refractivity contribution in [3.05, 3.63) is 113 Å². The van der Waals surface area contributed by atoms with E-state index in [2.05, 4.69) is 26.4 Å². The van der Waals surface area contributed by atoms with Crippen LogP contribution < -0.4 is 10.2 Å². The lowest BCUT2D eigenvalue weighted by molar-refractivity contribution is 0.0887. The Morgan fingerprint density at radius 1 is 1.02 bits per heavy atom. The van der Waals surface area contributed by atoms with Crippen LogP contribution in [0.1, 0.15) is 41.3 Å². The number of pyridine rings is 2. The molecule has 0 bridgehead atoms. The quantitative estimate of drug-likeness (QED) is 0.197. The second kappa shape index (κ2) is 12.9. The monoisotopic (exact) mass is 722 g/mol. The second-order valence-corrected chi connectivity index (χ2v) is 15.1. The van der Waals surface area contributed by atoms with Gasteiger partial charge in [-0.1, -0.05) is 35.4 Å². The summed E-state index contributed by atoms with van der Waals surface area (Å²) in [5.41, 5.74) is 2.64. The van der Waals surface area contributed by atoms with Crippen molar-refractivity contribution >= 4 is 44.4 Å². The van der Waals surface area contributed by atoms with Crippen molar-refractivity contribution in [2.24, 2.45) is 7.05 Å². The molecule has 1 aliphatic heterocycles. The Morgan fingerprint density at radius 3 is 2.39 bits per heavy atom. The number of nitrogens with one attached hydrogen (secondary N) is 1. The number of anilines is 1. The van der Waals surface area contributed by atoms with Crippen molar-refractivity contribution in [1.82, 2.24) is 29.0 Å². The maximum Gasteiger partial charge on any atom is 0.269 e. The molecule has 0 spiro atoms. The maximum absolute atomic E-state index is 14.4. The lowest BCUT2D eigenvalue weighted by Crippen LogP contribution is -2.53. The van der Waals surface area contributed by atoms with E-state index in [9.17, 15) is 22.9 Å². The number of fused-ring (bicyclic) bond motifs is 1. The number of aromatic nitrogens is 5. The van der Waals surface area contributed by atoms with Gasteiger partial charge < -0.3 is 10.2 Å². The number of halogens is 2. The van der Waals surface area contributed by atoms with Crippen LogP contribution in [0.15, 0.2) is 90.3 Å². The number of carbonyl (C=O) groups excluding carboxylic acids is 1. The topological polar surface area (TPSA) is 139 Å². The first kappa shape index (κ1) is 33.9. The Bertz CT molecular complexity index is 2440. The molecule has 0 atom stereocenters. The molecule has 11 nitrogen and oxygen atoms in total. The molecule has 0 radical (unpaired) electrons. The summed E-state index contributed by atoms with van der Waals surface area (Å²) >= 11 is 6.12. The van der Waals surface area contributed by atoms with E-state index in [1.54, 1.807) is 60.7 Å². The van der Waals surface area contributed by atoms with Crippen LogP contribution in [0.2, 0.25) is 5.02 Å². The first-order valence-corrected chi connectivity index (χ1v) is 17.9. The summed E-state index contributed by atoms with van der Waals surface area (Å²) in [5, 5.41) is 17.9. The van der Waals surface area contributed by atoms with E-state index in [1.165, 1.54) is 28.4 Å². The van der Waals surface area contributed by atoms with Crippen LogP contribution in [-0.2, 0) is 17.1 Å². The zero-order valence-electron chi connectivity index (χ0n) is 27.9. The Balaban J connectivity index is 1.21. The molecule has 1 saturated heterocycles. The van der Waals surface area contributed by atoms with Gasteiger partial charge in [0.25, 0.3) is 15.9 Å². The number of nitriles is 1. The molecule has 1 aliphatic rings. The number of hydrogen-bond donors (Lipinski definition) is 1. The van der Waals surface area contributed by atoms with E-state index in [0.717, 1.165) is 5.56 Å². The van der Waals surface area contributed by atoms with Gasteiger partial charge in [0.1, 0.15) is 17.7 Å². The van der Waals surface area contributed by atoms with Crippen LogP contribution >= 0.6 is 11.6 Å². The van der Waals surface area contributed by atoms with Crippen LogP contribution in [-0.4, -0.2) is 56.7 Å². The third kappa shape index (κ3) is 6.21. The minimum absolute atomic E-state index is 0.0570.